The molecule has 1 aromatic carbocycles. The maximum absolute atomic E-state index is 13.6. The molecule has 1 fully saturated rings. The maximum Gasteiger partial charge on any atom is 0.435 e. The quantitative estimate of drug-likeness (QED) is 0.435. The van der Waals surface area contributed by atoms with Crippen LogP contribution in [0.5, 0.6) is 11.6 Å². The van der Waals surface area contributed by atoms with Crippen molar-refractivity contribution in [3.8, 4) is 11.6 Å². The summed E-state index contributed by atoms with van der Waals surface area (Å²) in [5.41, 5.74) is -0.696. The minimum Gasteiger partial charge on any atom is -0.435 e. The molecule has 12 heteroatoms. The van der Waals surface area contributed by atoms with Crippen molar-refractivity contribution in [1.29, 1.82) is 4.78 Å². The van der Waals surface area contributed by atoms with Crippen LogP contribution in [0.1, 0.15) is 52.8 Å². The number of amides is 1. The van der Waals surface area contributed by atoms with E-state index in [0.29, 0.717) is 5.69 Å². The highest BCUT2D eigenvalue weighted by Gasteiger charge is 2.41. The Hall–Kier alpha value is -3.54. The number of nitrogens with one attached hydrogen (secondary N) is 2. The van der Waals surface area contributed by atoms with Crippen molar-refractivity contribution in [2.75, 3.05) is 11.6 Å². The summed E-state index contributed by atoms with van der Waals surface area (Å²) >= 11 is 0. The first-order valence-corrected chi connectivity index (χ1v) is 12.9. The molecule has 1 amide bonds. The zero-order valence-electron chi connectivity index (χ0n) is 20.0. The Bertz CT molecular complexity index is 1470. The average molecular weight is 520 g/mol. The number of hydrogen-bond donors (Lipinski definition) is 2. The van der Waals surface area contributed by atoms with Crippen LogP contribution in [0.3, 0.4) is 0 Å². The highest BCUT2D eigenvalue weighted by Crippen LogP contribution is 2.47. The number of benzene rings is 1. The summed E-state index contributed by atoms with van der Waals surface area (Å²) in [5.74, 6) is -1.11. The second kappa shape index (κ2) is 8.84. The first kappa shape index (κ1) is 25.5. The Morgan fingerprint density at radius 3 is 2.44 bits per heavy atom. The molecule has 0 spiro atoms. The highest BCUT2D eigenvalue weighted by molar-refractivity contribution is 7.91. The number of nitrogens with zero attached hydrogens (tertiary/aromatic N) is 3. The highest BCUT2D eigenvalue weighted by atomic mass is 32.2. The van der Waals surface area contributed by atoms with E-state index in [0.717, 1.165) is 25.5 Å². The number of anilines is 1. The number of rotatable bonds is 6. The van der Waals surface area contributed by atoms with Crippen LogP contribution < -0.4 is 10.1 Å². The number of aromatic nitrogens is 3. The molecule has 2 aromatic heterocycles. The summed E-state index contributed by atoms with van der Waals surface area (Å²) in [6.07, 6.45) is -1.59. The summed E-state index contributed by atoms with van der Waals surface area (Å²) in [6, 6.07) is 9.17. The Kier molecular flexibility index (Phi) is 6.27. The topological polar surface area (TPSA) is 118 Å². The van der Waals surface area contributed by atoms with E-state index >= 15 is 0 Å². The monoisotopic (exact) mass is 519 g/mol. The number of halogens is 3. The molecule has 4 rings (SSSR count). The van der Waals surface area contributed by atoms with Crippen LogP contribution in [0.4, 0.5) is 18.9 Å². The largest absolute Gasteiger partial charge is 0.435 e. The first-order valence-electron chi connectivity index (χ1n) is 10.9. The summed E-state index contributed by atoms with van der Waals surface area (Å²) < 4.78 is 66.2. The zero-order valence-corrected chi connectivity index (χ0v) is 20.8. The second-order valence-corrected chi connectivity index (χ2v) is 11.3. The number of alkyl halides is 3. The van der Waals surface area contributed by atoms with Crippen LogP contribution in [0.15, 0.2) is 41.3 Å². The van der Waals surface area contributed by atoms with Crippen molar-refractivity contribution >= 4 is 21.3 Å². The second-order valence-electron chi connectivity index (χ2n) is 9.12. The number of carbonyl (C=O) groups is 1. The van der Waals surface area contributed by atoms with Crippen LogP contribution in [-0.2, 0) is 21.3 Å². The minimum atomic E-state index is -4.84. The van der Waals surface area contributed by atoms with Gasteiger partial charge in [0.1, 0.15) is 5.56 Å². The summed E-state index contributed by atoms with van der Waals surface area (Å²) in [5, 5.41) is 9.35. The molecule has 36 heavy (non-hydrogen) atoms. The van der Waals surface area contributed by atoms with Gasteiger partial charge in [0.25, 0.3) is 11.8 Å². The maximum atomic E-state index is 13.6. The van der Waals surface area contributed by atoms with E-state index in [-0.39, 0.29) is 21.7 Å². The van der Waals surface area contributed by atoms with Gasteiger partial charge in [0.05, 0.1) is 15.4 Å². The van der Waals surface area contributed by atoms with Gasteiger partial charge in [-0.1, -0.05) is 13.0 Å². The van der Waals surface area contributed by atoms with Gasteiger partial charge in [0.2, 0.25) is 0 Å². The molecular weight excluding hydrogens is 495 g/mol. The lowest BCUT2D eigenvalue weighted by molar-refractivity contribution is -0.142. The molecule has 0 saturated heterocycles. The van der Waals surface area contributed by atoms with Crippen LogP contribution >= 0.6 is 0 Å². The zero-order chi connectivity index (χ0) is 26.5. The van der Waals surface area contributed by atoms with E-state index in [4.69, 9.17) is 9.52 Å². The Balaban J connectivity index is 1.73. The van der Waals surface area contributed by atoms with Crippen LogP contribution in [0, 0.1) is 18.6 Å². The van der Waals surface area contributed by atoms with E-state index in [1.807, 2.05) is 0 Å². The lowest BCUT2D eigenvalue weighted by Gasteiger charge is -2.17. The third-order valence-electron chi connectivity index (χ3n) is 6.08. The third kappa shape index (κ3) is 5.18. The number of ether oxygens (including phenoxy) is 1. The van der Waals surface area contributed by atoms with Gasteiger partial charge in [-0.2, -0.15) is 13.2 Å². The minimum absolute atomic E-state index is 0.00849. The third-order valence-corrected chi connectivity index (χ3v) is 7.24. The van der Waals surface area contributed by atoms with E-state index in [2.05, 4.69) is 27.4 Å². The van der Waals surface area contributed by atoms with E-state index in [1.54, 1.807) is 19.1 Å². The predicted molar refractivity (Wildman–Crippen MR) is 127 cm³/mol. The fraction of sp³-hybridized carbons (Fsp3) is 0.333. The molecule has 8 nitrogen and oxygen atoms in total. The van der Waals surface area contributed by atoms with Gasteiger partial charge in [-0.3, -0.25) is 9.78 Å². The number of aryl methyl sites for hydroxylation is 1. The van der Waals surface area contributed by atoms with Gasteiger partial charge in [0.15, 0.2) is 11.4 Å². The van der Waals surface area contributed by atoms with Gasteiger partial charge in [-0.15, -0.1) is 10.2 Å². The lowest BCUT2D eigenvalue weighted by Crippen LogP contribution is -2.21. The van der Waals surface area contributed by atoms with Gasteiger partial charge >= 0.3 is 6.18 Å². The first-order chi connectivity index (χ1) is 16.7. The van der Waals surface area contributed by atoms with Crippen molar-refractivity contribution in [3.05, 3.63) is 64.6 Å². The number of pyridine rings is 1. The molecule has 190 valence electrons. The molecule has 0 radical (unpaired) electrons. The molecule has 0 aliphatic heterocycles. The van der Waals surface area contributed by atoms with E-state index in [1.165, 1.54) is 30.5 Å². The van der Waals surface area contributed by atoms with Gasteiger partial charge in [0, 0.05) is 27.9 Å². The van der Waals surface area contributed by atoms with Crippen molar-refractivity contribution in [1.82, 2.24) is 15.2 Å². The van der Waals surface area contributed by atoms with Gasteiger partial charge in [-0.05, 0) is 62.6 Å². The molecule has 1 saturated carbocycles. The summed E-state index contributed by atoms with van der Waals surface area (Å²) in [7, 11) is -3.08. The van der Waals surface area contributed by atoms with Crippen molar-refractivity contribution < 1.29 is 26.9 Å². The van der Waals surface area contributed by atoms with Crippen LogP contribution in [0.2, 0.25) is 0 Å². The Morgan fingerprint density at radius 2 is 1.86 bits per heavy atom. The summed E-state index contributed by atoms with van der Waals surface area (Å²) in [4.78, 5) is 17.9. The Labute approximate surface area is 206 Å². The molecular formula is C24H24F3N5O3S. The van der Waals surface area contributed by atoms with Gasteiger partial charge in [-0.25, -0.2) is 8.99 Å². The SMILES string of the molecule is Cc1nc(C2(C)CC2)ccc1Oc1nnc(C(F)(F)F)c(C)c1C(=O)Nc1cccc(S(C)(=N)=O)c1. The van der Waals surface area contributed by atoms with Crippen LogP contribution in [-0.4, -0.2) is 31.6 Å². The molecule has 1 unspecified atom stereocenters. The van der Waals surface area contributed by atoms with Crippen molar-refractivity contribution in [2.24, 2.45) is 0 Å². The molecule has 1 aliphatic carbocycles. The molecule has 3 aromatic rings. The molecule has 0 bridgehead atoms. The normalized spacial score (nSPS) is 16.2. The lowest BCUT2D eigenvalue weighted by atomic mass is 10.0. The number of hydrogen-bond acceptors (Lipinski definition) is 7. The van der Waals surface area contributed by atoms with E-state index < -0.39 is 44.5 Å². The fourth-order valence-electron chi connectivity index (χ4n) is 3.66. The predicted octanol–water partition coefficient (Wildman–Crippen LogP) is 5.64. The molecule has 2 heterocycles. The van der Waals surface area contributed by atoms with Gasteiger partial charge < -0.3 is 10.1 Å². The van der Waals surface area contributed by atoms with E-state index in [9.17, 15) is 22.2 Å². The standard InChI is InChI=1S/C24H24F3N5O3S/c1-13-19(21(33)30-15-6-5-7-16(12-15)36(4,28)34)22(32-31-20(13)24(25,26)27)35-17-8-9-18(29-14(17)2)23(3)10-11-23/h5-9,12,28H,10-11H2,1-4H3,(H,30,33). The molecule has 2 N–H and O–H groups in total. The molecule has 1 aliphatic rings. The van der Waals surface area contributed by atoms with Crippen molar-refractivity contribution in [3.63, 3.8) is 0 Å². The smallest absolute Gasteiger partial charge is 0.435 e. The Morgan fingerprint density at radius 1 is 1.17 bits per heavy atom. The summed E-state index contributed by atoms with van der Waals surface area (Å²) in [6.45, 7) is 4.90. The van der Waals surface area contributed by atoms with Crippen LogP contribution in [0.25, 0.3) is 0 Å². The molecule has 1 atom stereocenters. The van der Waals surface area contributed by atoms with Crippen molar-refractivity contribution in [2.45, 2.75) is 50.1 Å². The average Bonchev–Trinajstić information content (AvgIpc) is 3.52. The fourth-order valence-corrected chi connectivity index (χ4v) is 4.35. The number of carbonyl (C=O) groups excluding carboxylic acids is 1.